The van der Waals surface area contributed by atoms with Gasteiger partial charge in [0.05, 0.1) is 24.1 Å². The van der Waals surface area contributed by atoms with Gasteiger partial charge in [-0.05, 0) is 23.4 Å². The van der Waals surface area contributed by atoms with Crippen molar-refractivity contribution in [3.8, 4) is 0 Å². The molecule has 1 aromatic carbocycles. The first-order valence-electron chi connectivity index (χ1n) is 7.96. The molecule has 138 valence electrons. The first-order chi connectivity index (χ1) is 11.8. The van der Waals surface area contributed by atoms with Crippen molar-refractivity contribution in [2.24, 2.45) is 5.41 Å². The zero-order valence-corrected chi connectivity index (χ0v) is 16.7. The summed E-state index contributed by atoms with van der Waals surface area (Å²) in [5.74, 6) is 0.789. The van der Waals surface area contributed by atoms with Crippen LogP contribution >= 0.6 is 35.0 Å². The van der Waals surface area contributed by atoms with Crippen molar-refractivity contribution < 1.29 is 9.50 Å². The Morgan fingerprint density at radius 3 is 2.60 bits per heavy atom. The van der Waals surface area contributed by atoms with E-state index in [0.29, 0.717) is 10.0 Å². The highest BCUT2D eigenvalue weighted by molar-refractivity contribution is 7.99. The molecule has 1 N–H and O–H groups in total. The molecular weight excluding hydrogens is 384 g/mol. The van der Waals surface area contributed by atoms with E-state index in [4.69, 9.17) is 23.2 Å². The Morgan fingerprint density at radius 1 is 1.36 bits per heavy atom. The topological polar surface area (TPSA) is 50.9 Å². The Kier molecular flexibility index (Phi) is 7.14. The van der Waals surface area contributed by atoms with Crippen LogP contribution in [0.4, 0.5) is 4.39 Å². The molecule has 3 atom stereocenters. The molecule has 8 heteroatoms. The number of alkyl halides is 1. The summed E-state index contributed by atoms with van der Waals surface area (Å²) in [6, 6.07) is 4.75. The molecule has 2 aromatic rings. The second-order valence-electron chi connectivity index (χ2n) is 6.47. The van der Waals surface area contributed by atoms with Gasteiger partial charge < -0.3 is 5.11 Å². The van der Waals surface area contributed by atoms with Gasteiger partial charge in [-0.25, -0.2) is 9.67 Å². The quantitative estimate of drug-likeness (QED) is 0.672. The molecule has 0 amide bonds. The Balaban J connectivity index is 2.54. The van der Waals surface area contributed by atoms with Crippen molar-refractivity contribution in [2.75, 3.05) is 12.4 Å². The van der Waals surface area contributed by atoms with E-state index in [1.165, 1.54) is 12.7 Å². The molecular formula is C17H22Cl2FN3OS. The average molecular weight is 406 g/mol. The minimum atomic E-state index is -0.991. The SMILES string of the molecule is CCSC(c1ccc(Cl)cc1Cl)C(C(O)C(C)(C)CF)n1cncn1. The summed E-state index contributed by atoms with van der Waals surface area (Å²) in [5, 5.41) is 16.0. The number of hydrogen-bond acceptors (Lipinski definition) is 4. The molecule has 0 fully saturated rings. The molecule has 0 radical (unpaired) electrons. The van der Waals surface area contributed by atoms with E-state index in [-0.39, 0.29) is 5.25 Å². The van der Waals surface area contributed by atoms with Gasteiger partial charge in [0.1, 0.15) is 12.7 Å². The molecule has 1 heterocycles. The fourth-order valence-corrected chi connectivity index (χ4v) is 4.45. The van der Waals surface area contributed by atoms with E-state index in [2.05, 4.69) is 10.1 Å². The van der Waals surface area contributed by atoms with Crippen LogP contribution in [0, 0.1) is 5.41 Å². The lowest BCUT2D eigenvalue weighted by atomic mass is 9.81. The number of hydrogen-bond donors (Lipinski definition) is 1. The number of halogens is 3. The van der Waals surface area contributed by atoms with Gasteiger partial charge in [0.15, 0.2) is 0 Å². The van der Waals surface area contributed by atoms with Gasteiger partial charge in [0.25, 0.3) is 0 Å². The van der Waals surface area contributed by atoms with Crippen molar-refractivity contribution in [1.29, 1.82) is 0 Å². The summed E-state index contributed by atoms with van der Waals surface area (Å²) in [6.07, 6.45) is 1.95. The number of nitrogens with zero attached hydrogens (tertiary/aromatic N) is 3. The van der Waals surface area contributed by atoms with Crippen LogP contribution in [0.15, 0.2) is 30.9 Å². The van der Waals surface area contributed by atoms with Crippen molar-refractivity contribution in [3.63, 3.8) is 0 Å². The van der Waals surface area contributed by atoms with E-state index in [1.54, 1.807) is 42.4 Å². The number of aliphatic hydroxyl groups is 1. The molecule has 25 heavy (non-hydrogen) atoms. The molecule has 4 nitrogen and oxygen atoms in total. The maximum absolute atomic E-state index is 13.6. The van der Waals surface area contributed by atoms with E-state index in [1.807, 2.05) is 13.0 Å². The number of rotatable bonds is 8. The van der Waals surface area contributed by atoms with Crippen LogP contribution in [-0.2, 0) is 0 Å². The second kappa shape index (κ2) is 8.71. The molecule has 2 rings (SSSR count). The van der Waals surface area contributed by atoms with Crippen molar-refractivity contribution in [1.82, 2.24) is 14.8 Å². The zero-order valence-electron chi connectivity index (χ0n) is 14.4. The van der Waals surface area contributed by atoms with Crippen LogP contribution in [-0.4, -0.2) is 38.4 Å². The molecule has 1 aromatic heterocycles. The van der Waals surface area contributed by atoms with E-state index in [0.717, 1.165) is 11.3 Å². The zero-order chi connectivity index (χ0) is 18.6. The summed E-state index contributed by atoms with van der Waals surface area (Å²) in [5.41, 5.74) is -0.116. The molecule has 0 spiro atoms. The van der Waals surface area contributed by atoms with Gasteiger partial charge in [0.2, 0.25) is 0 Å². The van der Waals surface area contributed by atoms with Crippen LogP contribution in [0.1, 0.15) is 37.6 Å². The van der Waals surface area contributed by atoms with Crippen molar-refractivity contribution >= 4 is 35.0 Å². The molecule has 0 aliphatic rings. The average Bonchev–Trinajstić information content (AvgIpc) is 3.08. The van der Waals surface area contributed by atoms with Crippen LogP contribution in [0.2, 0.25) is 10.0 Å². The van der Waals surface area contributed by atoms with Gasteiger partial charge in [-0.15, -0.1) is 0 Å². The highest BCUT2D eigenvalue weighted by Crippen LogP contribution is 2.46. The first kappa shape index (κ1) is 20.5. The van der Waals surface area contributed by atoms with Crippen LogP contribution in [0.3, 0.4) is 0 Å². The minimum Gasteiger partial charge on any atom is -0.390 e. The standard InChI is InChI=1S/C17H22Cl2FN3OS/c1-4-25-15(12-6-5-11(18)7-13(12)19)14(23-10-21-9-22-23)16(24)17(2,3)8-20/h5-7,9-10,14-16,24H,4,8H2,1-3H3. The number of thioether (sulfide) groups is 1. The Bertz CT molecular complexity index is 685. The highest BCUT2D eigenvalue weighted by atomic mass is 35.5. The minimum absolute atomic E-state index is 0.239. The van der Waals surface area contributed by atoms with Gasteiger partial charge in [-0.1, -0.05) is 50.0 Å². The third-order valence-corrected chi connectivity index (χ3v) is 5.92. The molecule has 0 saturated carbocycles. The normalized spacial score (nSPS) is 15.8. The lowest BCUT2D eigenvalue weighted by Crippen LogP contribution is -2.41. The third-order valence-electron chi connectivity index (χ3n) is 4.14. The summed E-state index contributed by atoms with van der Waals surface area (Å²) in [6.45, 7) is 4.75. The predicted molar refractivity (Wildman–Crippen MR) is 102 cm³/mol. The largest absolute Gasteiger partial charge is 0.390 e. The monoisotopic (exact) mass is 405 g/mol. The predicted octanol–water partition coefficient (Wildman–Crippen LogP) is 4.98. The summed E-state index contributed by atoms with van der Waals surface area (Å²) in [4.78, 5) is 3.99. The first-order valence-corrected chi connectivity index (χ1v) is 9.77. The number of aromatic nitrogens is 3. The van der Waals surface area contributed by atoms with Crippen LogP contribution < -0.4 is 0 Å². The van der Waals surface area contributed by atoms with E-state index < -0.39 is 24.2 Å². The highest BCUT2D eigenvalue weighted by Gasteiger charge is 2.41. The van der Waals surface area contributed by atoms with Gasteiger partial charge in [-0.3, -0.25) is 4.39 Å². The third kappa shape index (κ3) is 4.67. The van der Waals surface area contributed by atoms with E-state index in [9.17, 15) is 9.50 Å². The maximum atomic E-state index is 13.6. The second-order valence-corrected chi connectivity index (χ2v) is 8.74. The summed E-state index contributed by atoms with van der Waals surface area (Å²) < 4.78 is 15.1. The molecule has 0 bridgehead atoms. The van der Waals surface area contributed by atoms with Crippen molar-refractivity contribution in [3.05, 3.63) is 46.5 Å². The summed E-state index contributed by atoms with van der Waals surface area (Å²) in [7, 11) is 0. The van der Waals surface area contributed by atoms with Crippen LogP contribution in [0.25, 0.3) is 0 Å². The molecule has 0 aliphatic heterocycles. The fraction of sp³-hybridized carbons (Fsp3) is 0.529. The van der Waals surface area contributed by atoms with Gasteiger partial charge in [0, 0.05) is 15.5 Å². The summed E-state index contributed by atoms with van der Waals surface area (Å²) >= 11 is 14.0. The maximum Gasteiger partial charge on any atom is 0.137 e. The van der Waals surface area contributed by atoms with E-state index >= 15 is 0 Å². The van der Waals surface area contributed by atoms with Crippen LogP contribution in [0.5, 0.6) is 0 Å². The Labute approximate surface area is 161 Å². The molecule has 0 saturated heterocycles. The number of aliphatic hydroxyl groups excluding tert-OH is 1. The van der Waals surface area contributed by atoms with Gasteiger partial charge >= 0.3 is 0 Å². The molecule has 0 aliphatic carbocycles. The fourth-order valence-electron chi connectivity index (χ4n) is 2.65. The van der Waals surface area contributed by atoms with Gasteiger partial charge in [-0.2, -0.15) is 16.9 Å². The Morgan fingerprint density at radius 2 is 2.08 bits per heavy atom. The molecule has 3 unspecified atom stereocenters. The Hall–Kier alpha value is -0.820. The lowest BCUT2D eigenvalue weighted by Gasteiger charge is -2.38. The number of benzene rings is 1. The lowest BCUT2D eigenvalue weighted by molar-refractivity contribution is -0.0118. The smallest absolute Gasteiger partial charge is 0.137 e. The van der Waals surface area contributed by atoms with Crippen molar-refractivity contribution in [2.45, 2.75) is 38.2 Å².